The van der Waals surface area contributed by atoms with Gasteiger partial charge in [-0.3, -0.25) is 14.8 Å². The summed E-state index contributed by atoms with van der Waals surface area (Å²) in [7, 11) is 0. The monoisotopic (exact) mass is 372 g/mol. The van der Waals surface area contributed by atoms with Crippen molar-refractivity contribution in [2.24, 2.45) is 0 Å². The van der Waals surface area contributed by atoms with E-state index >= 15 is 0 Å². The molecule has 7 nitrogen and oxygen atoms in total. The Hall–Kier alpha value is -2.74. The van der Waals surface area contributed by atoms with Crippen molar-refractivity contribution in [1.29, 1.82) is 0 Å². The summed E-state index contributed by atoms with van der Waals surface area (Å²) in [4.78, 5) is 28.9. The maximum absolute atomic E-state index is 12.6. The molecular formula is C18H20N4O3S. The lowest BCUT2D eigenvalue weighted by molar-refractivity contribution is 0.0526. The number of carbonyl (C=O) groups is 2. The number of anilines is 1. The topological polar surface area (TPSA) is 86.1 Å². The van der Waals surface area contributed by atoms with Gasteiger partial charge in [0.25, 0.3) is 5.91 Å². The van der Waals surface area contributed by atoms with Gasteiger partial charge in [0.15, 0.2) is 5.13 Å². The van der Waals surface area contributed by atoms with Crippen molar-refractivity contribution >= 4 is 38.6 Å². The summed E-state index contributed by atoms with van der Waals surface area (Å²) < 4.78 is 7.51. The van der Waals surface area contributed by atoms with Gasteiger partial charge in [0.05, 0.1) is 28.1 Å². The molecule has 8 heteroatoms. The molecule has 136 valence electrons. The van der Waals surface area contributed by atoms with Crippen LogP contribution in [0.25, 0.3) is 10.2 Å². The van der Waals surface area contributed by atoms with Crippen LogP contribution in [0.3, 0.4) is 0 Å². The summed E-state index contributed by atoms with van der Waals surface area (Å²) in [5.74, 6) is -0.631. The first-order chi connectivity index (χ1) is 12.4. The van der Waals surface area contributed by atoms with Crippen LogP contribution in [0.5, 0.6) is 0 Å². The van der Waals surface area contributed by atoms with Crippen LogP contribution in [0.4, 0.5) is 5.13 Å². The molecule has 0 radical (unpaired) electrons. The first-order valence-electron chi connectivity index (χ1n) is 8.34. The Kier molecular flexibility index (Phi) is 5.03. The third kappa shape index (κ3) is 3.60. The number of ether oxygens (including phenoxy) is 1. The van der Waals surface area contributed by atoms with E-state index < -0.39 is 0 Å². The summed E-state index contributed by atoms with van der Waals surface area (Å²) in [5.41, 5.74) is 2.46. The minimum atomic E-state index is -0.371. The van der Waals surface area contributed by atoms with Crippen molar-refractivity contribution in [2.45, 2.75) is 33.7 Å². The summed E-state index contributed by atoms with van der Waals surface area (Å²) in [6, 6.07) is 6.97. The number of esters is 1. The molecule has 3 rings (SSSR count). The number of carbonyl (C=O) groups excluding carboxylic acids is 2. The van der Waals surface area contributed by atoms with E-state index in [1.165, 1.54) is 11.3 Å². The lowest BCUT2D eigenvalue weighted by atomic mass is 10.2. The highest BCUT2D eigenvalue weighted by Crippen LogP contribution is 2.27. The molecule has 0 fully saturated rings. The zero-order valence-electron chi connectivity index (χ0n) is 15.1. The molecule has 1 aromatic carbocycles. The molecule has 3 aromatic rings. The fourth-order valence-corrected chi connectivity index (χ4v) is 3.46. The molecule has 2 aromatic heterocycles. The first-order valence-corrected chi connectivity index (χ1v) is 9.16. The minimum absolute atomic E-state index is 0.0759. The second-order valence-corrected chi connectivity index (χ2v) is 7.12. The second kappa shape index (κ2) is 7.25. The molecule has 0 aliphatic rings. The Morgan fingerprint density at radius 3 is 2.77 bits per heavy atom. The molecule has 0 atom stereocenters. The molecule has 0 unspecified atom stereocenters. The molecule has 26 heavy (non-hydrogen) atoms. The van der Waals surface area contributed by atoms with E-state index in [4.69, 9.17) is 4.74 Å². The van der Waals surface area contributed by atoms with Crippen LogP contribution in [0.1, 0.15) is 53.4 Å². The minimum Gasteiger partial charge on any atom is -0.462 e. The molecule has 0 saturated heterocycles. The highest BCUT2D eigenvalue weighted by Gasteiger charge is 2.18. The fourth-order valence-electron chi connectivity index (χ4n) is 2.56. The molecule has 1 N–H and O–H groups in total. The van der Waals surface area contributed by atoms with Gasteiger partial charge in [-0.15, -0.1) is 0 Å². The van der Waals surface area contributed by atoms with E-state index in [0.29, 0.717) is 28.5 Å². The largest absolute Gasteiger partial charge is 0.462 e. The van der Waals surface area contributed by atoms with E-state index in [-0.39, 0.29) is 17.9 Å². The predicted octanol–water partition coefficient (Wildman–Crippen LogP) is 3.81. The lowest BCUT2D eigenvalue weighted by Crippen LogP contribution is -2.18. The number of benzene rings is 1. The van der Waals surface area contributed by atoms with Crippen LogP contribution in [0.15, 0.2) is 24.3 Å². The van der Waals surface area contributed by atoms with Gasteiger partial charge in [-0.1, -0.05) is 11.3 Å². The van der Waals surface area contributed by atoms with Crippen molar-refractivity contribution in [3.63, 3.8) is 0 Å². The van der Waals surface area contributed by atoms with E-state index in [9.17, 15) is 9.59 Å². The Morgan fingerprint density at radius 1 is 1.31 bits per heavy atom. The Balaban J connectivity index is 1.85. The van der Waals surface area contributed by atoms with Gasteiger partial charge in [0.2, 0.25) is 0 Å². The van der Waals surface area contributed by atoms with Crippen LogP contribution in [-0.4, -0.2) is 33.2 Å². The van der Waals surface area contributed by atoms with Crippen molar-refractivity contribution in [1.82, 2.24) is 14.8 Å². The number of nitrogens with one attached hydrogen (secondary N) is 1. The van der Waals surface area contributed by atoms with Crippen LogP contribution in [0, 0.1) is 6.92 Å². The highest BCUT2D eigenvalue weighted by atomic mass is 32.1. The average Bonchev–Trinajstić information content (AvgIpc) is 3.17. The number of hydrogen-bond donors (Lipinski definition) is 1. The summed E-state index contributed by atoms with van der Waals surface area (Å²) >= 11 is 1.31. The molecule has 2 heterocycles. The van der Waals surface area contributed by atoms with Crippen molar-refractivity contribution < 1.29 is 14.3 Å². The van der Waals surface area contributed by atoms with Gasteiger partial charge in [0.1, 0.15) is 5.69 Å². The molecule has 0 aliphatic heterocycles. The summed E-state index contributed by atoms with van der Waals surface area (Å²) in [6.07, 6.45) is 0. The van der Waals surface area contributed by atoms with E-state index in [1.807, 2.05) is 20.8 Å². The maximum Gasteiger partial charge on any atom is 0.338 e. The van der Waals surface area contributed by atoms with Crippen molar-refractivity contribution in [3.05, 3.63) is 41.2 Å². The number of fused-ring (bicyclic) bond motifs is 1. The summed E-state index contributed by atoms with van der Waals surface area (Å²) in [5, 5.41) is 7.65. The predicted molar refractivity (Wildman–Crippen MR) is 101 cm³/mol. The van der Waals surface area contributed by atoms with Crippen LogP contribution >= 0.6 is 11.3 Å². The zero-order valence-corrected chi connectivity index (χ0v) is 15.9. The van der Waals surface area contributed by atoms with Crippen molar-refractivity contribution in [3.8, 4) is 0 Å². The number of aryl methyl sites for hydroxylation is 1. The van der Waals surface area contributed by atoms with Gasteiger partial charge >= 0.3 is 5.97 Å². The quantitative estimate of drug-likeness (QED) is 0.688. The number of rotatable bonds is 5. The van der Waals surface area contributed by atoms with Crippen LogP contribution in [-0.2, 0) is 4.74 Å². The van der Waals surface area contributed by atoms with Gasteiger partial charge in [0, 0.05) is 6.04 Å². The Morgan fingerprint density at radius 2 is 2.08 bits per heavy atom. The summed E-state index contributed by atoms with van der Waals surface area (Å²) in [6.45, 7) is 7.88. The van der Waals surface area contributed by atoms with Gasteiger partial charge in [-0.2, -0.15) is 5.10 Å². The fraction of sp³-hybridized carbons (Fsp3) is 0.333. The lowest BCUT2D eigenvalue weighted by Gasteiger charge is -2.09. The number of thiazole rings is 1. The molecule has 0 aliphatic carbocycles. The van der Waals surface area contributed by atoms with Crippen molar-refractivity contribution in [2.75, 3.05) is 11.9 Å². The zero-order chi connectivity index (χ0) is 18.8. The van der Waals surface area contributed by atoms with Gasteiger partial charge in [-0.25, -0.2) is 9.78 Å². The Bertz CT molecular complexity index is 974. The molecule has 0 saturated carbocycles. The standard InChI is InChI=1S/C18H20N4O3S/c1-5-25-17(24)12-6-7-13-15(9-12)26-18(19-13)20-16(23)14-8-11(4)21-22(14)10(2)3/h6-10H,5H2,1-4H3,(H,19,20,23). The molecule has 0 bridgehead atoms. The molecular weight excluding hydrogens is 352 g/mol. The number of nitrogens with zero attached hydrogens (tertiary/aromatic N) is 3. The second-order valence-electron chi connectivity index (χ2n) is 6.09. The maximum atomic E-state index is 12.6. The number of amides is 1. The van der Waals surface area contributed by atoms with Gasteiger partial charge < -0.3 is 4.74 Å². The average molecular weight is 372 g/mol. The SMILES string of the molecule is CCOC(=O)c1ccc2nc(NC(=O)c3cc(C)nn3C(C)C)sc2c1. The highest BCUT2D eigenvalue weighted by molar-refractivity contribution is 7.22. The normalized spacial score (nSPS) is 11.1. The number of aromatic nitrogens is 3. The third-order valence-corrected chi connectivity index (χ3v) is 4.63. The third-order valence-electron chi connectivity index (χ3n) is 3.70. The van der Waals surface area contributed by atoms with E-state index in [0.717, 1.165) is 10.4 Å². The van der Waals surface area contributed by atoms with Gasteiger partial charge in [-0.05, 0) is 52.0 Å². The first kappa shape index (κ1) is 18.1. The Labute approximate surface area is 155 Å². The molecule has 0 spiro atoms. The molecule has 1 amide bonds. The van der Waals surface area contributed by atoms with Crippen LogP contribution < -0.4 is 5.32 Å². The number of hydrogen-bond acceptors (Lipinski definition) is 6. The smallest absolute Gasteiger partial charge is 0.338 e. The van der Waals surface area contributed by atoms with Crippen LogP contribution in [0.2, 0.25) is 0 Å². The van der Waals surface area contributed by atoms with E-state index in [2.05, 4.69) is 15.4 Å². The van der Waals surface area contributed by atoms with E-state index in [1.54, 1.807) is 35.9 Å².